The van der Waals surface area contributed by atoms with Crippen molar-refractivity contribution in [2.75, 3.05) is 0 Å². The van der Waals surface area contributed by atoms with E-state index in [-0.39, 0.29) is 12.1 Å². The molecule has 1 aliphatic heterocycles. The van der Waals surface area contributed by atoms with Crippen molar-refractivity contribution in [3.8, 4) is 0 Å². The van der Waals surface area contributed by atoms with Crippen molar-refractivity contribution in [1.82, 2.24) is 0 Å². The Bertz CT molecular complexity index is 366. The van der Waals surface area contributed by atoms with Gasteiger partial charge < -0.3 is 0 Å². The van der Waals surface area contributed by atoms with Crippen LogP contribution in [0.2, 0.25) is 3.93 Å². The van der Waals surface area contributed by atoms with Crippen LogP contribution in [0, 0.1) is 0 Å². The summed E-state index contributed by atoms with van der Waals surface area (Å²) in [5.74, 6) is -0.121. The molecule has 0 radical (unpaired) electrons. The fraction of sp³-hybridized carbons (Fsp3) is 0.462. The fourth-order valence-corrected chi connectivity index (χ4v) is 6.41. The normalized spacial score (nSPS) is 23.1. The summed E-state index contributed by atoms with van der Waals surface area (Å²) in [5.41, 5.74) is 1.26. The Hall–Kier alpha value is -0.415. The number of rotatable bonds is 4. The molecule has 0 spiro atoms. The van der Waals surface area contributed by atoms with E-state index < -0.39 is 25.0 Å². The van der Waals surface area contributed by atoms with Crippen molar-refractivity contribution in [3.05, 3.63) is 35.9 Å². The molecule has 4 heteroatoms. The molecule has 1 saturated heterocycles. The van der Waals surface area contributed by atoms with E-state index in [0.717, 1.165) is 16.8 Å². The van der Waals surface area contributed by atoms with Gasteiger partial charge in [0.2, 0.25) is 0 Å². The maximum atomic E-state index is 10.7. The van der Waals surface area contributed by atoms with Gasteiger partial charge in [-0.3, -0.25) is 0 Å². The number of hydrogen-bond acceptors (Lipinski definition) is 3. The minimum atomic E-state index is -1.46. The Kier molecular flexibility index (Phi) is 4.98. The zero-order chi connectivity index (χ0) is 12.1. The summed E-state index contributed by atoms with van der Waals surface area (Å²) in [7, 11) is 0. The zero-order valence-electron chi connectivity index (χ0n) is 10.1. The monoisotopic (exact) mass is 422 g/mol. The van der Waals surface area contributed by atoms with Crippen LogP contribution < -0.4 is 0 Å². The van der Waals surface area contributed by atoms with Gasteiger partial charge in [0.15, 0.2) is 0 Å². The third-order valence-corrected chi connectivity index (χ3v) is 8.82. The average Bonchev–Trinajstić information content (AvgIpc) is 2.78. The molecular formula is C13H16HgO3. The van der Waals surface area contributed by atoms with Crippen molar-refractivity contribution in [2.45, 2.75) is 35.9 Å². The van der Waals surface area contributed by atoms with Crippen LogP contribution in [0.1, 0.15) is 31.4 Å². The first-order valence-corrected chi connectivity index (χ1v) is 12.2. The standard InChI is InChI=1S/C11H13O.C2H4O2.Hg/c1-9-7-8-11(12-9)10-5-3-2-4-6-10;1-2(3)4;/h2-6,9,11H,1,7-8H2;1H3,(H,3,4);/q;;+1/p-1. The topological polar surface area (TPSA) is 35.5 Å². The van der Waals surface area contributed by atoms with Gasteiger partial charge in [0.05, 0.1) is 0 Å². The summed E-state index contributed by atoms with van der Waals surface area (Å²) in [6.45, 7) is 1.49. The molecule has 1 aliphatic rings. The number of benzene rings is 1. The van der Waals surface area contributed by atoms with E-state index in [4.69, 9.17) is 7.38 Å². The first kappa shape index (κ1) is 13.0. The summed E-state index contributed by atoms with van der Waals surface area (Å²) in [6.07, 6.45) is 2.75. The van der Waals surface area contributed by atoms with Crippen LogP contribution in [0.15, 0.2) is 30.3 Å². The van der Waals surface area contributed by atoms with Crippen LogP contribution in [0.3, 0.4) is 0 Å². The summed E-state index contributed by atoms with van der Waals surface area (Å²) >= 11 is -1.46. The number of carbonyl (C=O) groups excluding carboxylic acids is 1. The molecule has 0 amide bonds. The van der Waals surface area contributed by atoms with E-state index in [1.165, 1.54) is 12.5 Å². The molecule has 17 heavy (non-hydrogen) atoms. The molecule has 2 unspecified atom stereocenters. The molecule has 2 atom stereocenters. The molecule has 0 saturated carbocycles. The van der Waals surface area contributed by atoms with Crippen LogP contribution in [0.25, 0.3) is 0 Å². The molecule has 1 aromatic rings. The van der Waals surface area contributed by atoms with Gasteiger partial charge in [0.1, 0.15) is 0 Å². The Labute approximate surface area is 115 Å². The molecule has 0 aromatic heterocycles. The van der Waals surface area contributed by atoms with Gasteiger partial charge in [0.25, 0.3) is 0 Å². The second-order valence-electron chi connectivity index (χ2n) is 4.36. The second kappa shape index (κ2) is 6.50. The van der Waals surface area contributed by atoms with E-state index in [0.29, 0.717) is 6.10 Å². The van der Waals surface area contributed by atoms with Crippen molar-refractivity contribution >= 4 is 5.97 Å². The quantitative estimate of drug-likeness (QED) is 0.703. The van der Waals surface area contributed by atoms with Gasteiger partial charge >= 0.3 is 115 Å². The molecule has 0 bridgehead atoms. The van der Waals surface area contributed by atoms with Gasteiger partial charge in [-0.2, -0.15) is 0 Å². The SMILES string of the molecule is CC(=O)[O][Hg][CH2]C1CCC(c2ccccc2)O1. The van der Waals surface area contributed by atoms with Crippen molar-refractivity contribution in [1.29, 1.82) is 0 Å². The van der Waals surface area contributed by atoms with E-state index >= 15 is 0 Å². The Morgan fingerprint density at radius 1 is 1.41 bits per heavy atom. The molecule has 88 valence electrons. The maximum absolute atomic E-state index is 10.7. The van der Waals surface area contributed by atoms with E-state index in [2.05, 4.69) is 12.1 Å². The summed E-state index contributed by atoms with van der Waals surface area (Å²) in [5, 5.41) is 0. The number of carbonyl (C=O) groups is 1. The molecule has 3 nitrogen and oxygen atoms in total. The molecular weight excluding hydrogens is 405 g/mol. The van der Waals surface area contributed by atoms with Gasteiger partial charge in [-0.1, -0.05) is 0 Å². The van der Waals surface area contributed by atoms with Gasteiger partial charge in [-0.15, -0.1) is 0 Å². The zero-order valence-corrected chi connectivity index (χ0v) is 15.6. The third kappa shape index (κ3) is 4.07. The average molecular weight is 421 g/mol. The van der Waals surface area contributed by atoms with Crippen molar-refractivity contribution in [2.24, 2.45) is 0 Å². The van der Waals surface area contributed by atoms with Crippen LogP contribution in [0.5, 0.6) is 0 Å². The molecule has 1 heterocycles. The van der Waals surface area contributed by atoms with Crippen LogP contribution >= 0.6 is 0 Å². The molecule has 1 aromatic carbocycles. The Balaban J connectivity index is 1.78. The first-order chi connectivity index (χ1) is 8.25. The van der Waals surface area contributed by atoms with Gasteiger partial charge in [0, 0.05) is 0 Å². The number of hydrogen-bond donors (Lipinski definition) is 0. The number of ether oxygens (including phenoxy) is 1. The fourth-order valence-electron chi connectivity index (χ4n) is 2.17. The molecule has 2 rings (SSSR count). The summed E-state index contributed by atoms with van der Waals surface area (Å²) in [4.78, 5) is 10.7. The molecule has 0 aliphatic carbocycles. The predicted octanol–water partition coefficient (Wildman–Crippen LogP) is 2.89. The summed E-state index contributed by atoms with van der Waals surface area (Å²) < 4.78 is 12.2. The van der Waals surface area contributed by atoms with E-state index in [1.807, 2.05) is 18.2 Å². The van der Waals surface area contributed by atoms with Crippen LogP contribution in [-0.4, -0.2) is 12.1 Å². The van der Waals surface area contributed by atoms with E-state index in [9.17, 15) is 4.79 Å². The minimum absolute atomic E-state index is 0.121. The van der Waals surface area contributed by atoms with Gasteiger partial charge in [-0.25, -0.2) is 0 Å². The molecule has 1 fully saturated rings. The Morgan fingerprint density at radius 3 is 2.88 bits per heavy atom. The van der Waals surface area contributed by atoms with Crippen molar-refractivity contribution < 1.29 is 37.2 Å². The van der Waals surface area contributed by atoms with Crippen LogP contribution in [-0.2, 0) is 37.2 Å². The van der Waals surface area contributed by atoms with E-state index in [1.54, 1.807) is 0 Å². The molecule has 0 N–H and O–H groups in total. The third-order valence-electron chi connectivity index (χ3n) is 3.02. The first-order valence-electron chi connectivity index (χ1n) is 6.09. The summed E-state index contributed by atoms with van der Waals surface area (Å²) in [6, 6.07) is 10.3. The second-order valence-corrected chi connectivity index (χ2v) is 9.32. The Morgan fingerprint density at radius 2 is 2.18 bits per heavy atom. The van der Waals surface area contributed by atoms with Gasteiger partial charge in [-0.05, 0) is 0 Å². The van der Waals surface area contributed by atoms with Crippen LogP contribution in [0.4, 0.5) is 0 Å². The van der Waals surface area contributed by atoms with Crippen molar-refractivity contribution in [3.63, 3.8) is 0 Å². The predicted molar refractivity (Wildman–Crippen MR) is 59.9 cm³/mol.